The lowest BCUT2D eigenvalue weighted by molar-refractivity contribution is 0.223. The normalized spacial score (nSPS) is 28.3. The van der Waals surface area contributed by atoms with E-state index in [0.717, 1.165) is 13.0 Å². The molecule has 0 radical (unpaired) electrons. The molecule has 0 saturated carbocycles. The largest absolute Gasteiger partial charge is 0.285 e. The van der Waals surface area contributed by atoms with Gasteiger partial charge in [0.25, 0.3) is 0 Å². The SMILES string of the molecule is CCC(C#N)N1CCCC1C. The lowest BCUT2D eigenvalue weighted by Crippen LogP contribution is -2.36. The van der Waals surface area contributed by atoms with Crippen molar-refractivity contribution >= 4 is 0 Å². The highest BCUT2D eigenvalue weighted by Gasteiger charge is 2.25. The predicted molar refractivity (Wildman–Crippen MR) is 45.1 cm³/mol. The third kappa shape index (κ3) is 1.72. The molecule has 1 heterocycles. The van der Waals surface area contributed by atoms with E-state index in [1.807, 2.05) is 0 Å². The highest BCUT2D eigenvalue weighted by atomic mass is 15.2. The second-order valence-electron chi connectivity index (χ2n) is 3.28. The molecule has 0 aromatic carbocycles. The van der Waals surface area contributed by atoms with E-state index < -0.39 is 0 Å². The summed E-state index contributed by atoms with van der Waals surface area (Å²) in [5.41, 5.74) is 0. The lowest BCUT2D eigenvalue weighted by Gasteiger charge is -2.24. The average molecular weight is 152 g/mol. The van der Waals surface area contributed by atoms with Gasteiger partial charge < -0.3 is 0 Å². The predicted octanol–water partition coefficient (Wildman–Crippen LogP) is 1.77. The Hall–Kier alpha value is -0.550. The monoisotopic (exact) mass is 152 g/mol. The van der Waals surface area contributed by atoms with E-state index in [1.165, 1.54) is 12.8 Å². The Morgan fingerprint density at radius 2 is 2.45 bits per heavy atom. The molecule has 0 aromatic rings. The summed E-state index contributed by atoms with van der Waals surface area (Å²) in [7, 11) is 0. The van der Waals surface area contributed by atoms with Crippen molar-refractivity contribution in [3.8, 4) is 6.07 Å². The molecule has 1 saturated heterocycles. The maximum Gasteiger partial charge on any atom is 0.0977 e. The first-order chi connectivity index (χ1) is 5.29. The summed E-state index contributed by atoms with van der Waals surface area (Å²) < 4.78 is 0. The minimum absolute atomic E-state index is 0.160. The smallest absolute Gasteiger partial charge is 0.0977 e. The number of nitrogens with zero attached hydrogens (tertiary/aromatic N) is 2. The lowest BCUT2D eigenvalue weighted by atomic mass is 10.2. The van der Waals surface area contributed by atoms with Crippen molar-refractivity contribution in [1.29, 1.82) is 5.26 Å². The Morgan fingerprint density at radius 1 is 1.73 bits per heavy atom. The van der Waals surface area contributed by atoms with E-state index in [4.69, 9.17) is 5.26 Å². The van der Waals surface area contributed by atoms with Crippen molar-refractivity contribution in [2.24, 2.45) is 0 Å². The van der Waals surface area contributed by atoms with Crippen LogP contribution in [0.15, 0.2) is 0 Å². The molecule has 1 aliphatic rings. The molecule has 0 amide bonds. The van der Waals surface area contributed by atoms with Crippen molar-refractivity contribution in [3.63, 3.8) is 0 Å². The summed E-state index contributed by atoms with van der Waals surface area (Å²) >= 11 is 0. The van der Waals surface area contributed by atoms with Crippen LogP contribution in [0.4, 0.5) is 0 Å². The van der Waals surface area contributed by atoms with Gasteiger partial charge in [-0.25, -0.2) is 0 Å². The first-order valence-corrected chi connectivity index (χ1v) is 4.45. The van der Waals surface area contributed by atoms with Crippen molar-refractivity contribution < 1.29 is 0 Å². The third-order valence-corrected chi connectivity index (χ3v) is 2.54. The van der Waals surface area contributed by atoms with Gasteiger partial charge in [-0.2, -0.15) is 5.26 Å². The van der Waals surface area contributed by atoms with Crippen LogP contribution in [-0.4, -0.2) is 23.5 Å². The summed E-state index contributed by atoms with van der Waals surface area (Å²) in [6, 6.07) is 3.13. The van der Waals surface area contributed by atoms with Crippen LogP contribution in [0.3, 0.4) is 0 Å². The maximum atomic E-state index is 8.81. The van der Waals surface area contributed by atoms with Gasteiger partial charge in [0.1, 0.15) is 0 Å². The molecule has 1 fully saturated rings. The van der Waals surface area contributed by atoms with E-state index in [9.17, 15) is 0 Å². The molecule has 1 rings (SSSR count). The zero-order valence-electron chi connectivity index (χ0n) is 7.38. The quantitative estimate of drug-likeness (QED) is 0.603. The number of hydrogen-bond donors (Lipinski definition) is 0. The van der Waals surface area contributed by atoms with Crippen LogP contribution >= 0.6 is 0 Å². The molecule has 1 aliphatic heterocycles. The van der Waals surface area contributed by atoms with Gasteiger partial charge in [0.2, 0.25) is 0 Å². The fourth-order valence-electron chi connectivity index (χ4n) is 1.82. The van der Waals surface area contributed by atoms with Gasteiger partial charge in [0.15, 0.2) is 0 Å². The van der Waals surface area contributed by atoms with Crippen LogP contribution in [-0.2, 0) is 0 Å². The molecule has 0 aromatic heterocycles. The van der Waals surface area contributed by atoms with Crippen LogP contribution in [0.2, 0.25) is 0 Å². The third-order valence-electron chi connectivity index (χ3n) is 2.54. The van der Waals surface area contributed by atoms with E-state index in [1.54, 1.807) is 0 Å². The Labute approximate surface area is 68.8 Å². The van der Waals surface area contributed by atoms with Gasteiger partial charge in [-0.15, -0.1) is 0 Å². The Morgan fingerprint density at radius 3 is 2.82 bits per heavy atom. The molecule has 62 valence electrons. The molecule has 2 heteroatoms. The summed E-state index contributed by atoms with van der Waals surface area (Å²) in [6.45, 7) is 5.42. The van der Waals surface area contributed by atoms with Crippen molar-refractivity contribution in [1.82, 2.24) is 4.90 Å². The van der Waals surface area contributed by atoms with Crippen molar-refractivity contribution in [2.75, 3.05) is 6.54 Å². The zero-order valence-corrected chi connectivity index (χ0v) is 7.38. The molecule has 2 atom stereocenters. The average Bonchev–Trinajstić information content (AvgIpc) is 2.40. The zero-order chi connectivity index (χ0) is 8.27. The Kier molecular flexibility index (Phi) is 2.90. The molecule has 11 heavy (non-hydrogen) atoms. The highest BCUT2D eigenvalue weighted by Crippen LogP contribution is 2.20. The van der Waals surface area contributed by atoms with Crippen molar-refractivity contribution in [3.05, 3.63) is 0 Å². The molecule has 2 nitrogen and oxygen atoms in total. The van der Waals surface area contributed by atoms with Crippen LogP contribution in [0.5, 0.6) is 0 Å². The van der Waals surface area contributed by atoms with Crippen LogP contribution in [0, 0.1) is 11.3 Å². The number of likely N-dealkylation sites (tertiary alicyclic amines) is 1. The van der Waals surface area contributed by atoms with Gasteiger partial charge in [-0.05, 0) is 32.7 Å². The fraction of sp³-hybridized carbons (Fsp3) is 0.889. The van der Waals surface area contributed by atoms with Crippen LogP contribution in [0.1, 0.15) is 33.1 Å². The molecule has 0 spiro atoms. The first kappa shape index (κ1) is 8.55. The van der Waals surface area contributed by atoms with E-state index in [0.29, 0.717) is 6.04 Å². The van der Waals surface area contributed by atoms with Gasteiger partial charge in [0, 0.05) is 6.04 Å². The minimum atomic E-state index is 0.160. The molecular weight excluding hydrogens is 136 g/mol. The van der Waals surface area contributed by atoms with Gasteiger partial charge in [-0.1, -0.05) is 6.92 Å². The maximum absolute atomic E-state index is 8.81. The topological polar surface area (TPSA) is 27.0 Å². The molecule has 0 bridgehead atoms. The number of nitriles is 1. The minimum Gasteiger partial charge on any atom is -0.285 e. The Bertz CT molecular complexity index is 159. The summed E-state index contributed by atoms with van der Waals surface area (Å²) in [5.74, 6) is 0. The van der Waals surface area contributed by atoms with Crippen LogP contribution in [0.25, 0.3) is 0 Å². The van der Waals surface area contributed by atoms with Gasteiger partial charge in [-0.3, -0.25) is 4.90 Å². The number of rotatable bonds is 2. The molecule has 0 aliphatic carbocycles. The Balaban J connectivity index is 2.51. The summed E-state index contributed by atoms with van der Waals surface area (Å²) in [5, 5.41) is 8.81. The standard InChI is InChI=1S/C9H16N2/c1-3-9(7-10)11-6-4-5-8(11)2/h8-9H,3-6H2,1-2H3. The van der Waals surface area contributed by atoms with Crippen LogP contribution < -0.4 is 0 Å². The van der Waals surface area contributed by atoms with E-state index in [2.05, 4.69) is 24.8 Å². The summed E-state index contributed by atoms with van der Waals surface area (Å²) in [4.78, 5) is 2.32. The van der Waals surface area contributed by atoms with Gasteiger partial charge >= 0.3 is 0 Å². The number of hydrogen-bond acceptors (Lipinski definition) is 2. The molecule has 2 unspecified atom stereocenters. The second-order valence-corrected chi connectivity index (χ2v) is 3.28. The van der Waals surface area contributed by atoms with E-state index >= 15 is 0 Å². The van der Waals surface area contributed by atoms with E-state index in [-0.39, 0.29) is 6.04 Å². The fourth-order valence-corrected chi connectivity index (χ4v) is 1.82. The summed E-state index contributed by atoms with van der Waals surface area (Å²) in [6.07, 6.45) is 3.48. The molecule has 0 N–H and O–H groups in total. The second kappa shape index (κ2) is 3.73. The van der Waals surface area contributed by atoms with Crippen molar-refractivity contribution in [2.45, 2.75) is 45.2 Å². The van der Waals surface area contributed by atoms with Gasteiger partial charge in [0.05, 0.1) is 12.1 Å². The first-order valence-electron chi connectivity index (χ1n) is 4.45. The molecular formula is C9H16N2. The highest BCUT2D eigenvalue weighted by molar-refractivity contribution is 4.94.